The van der Waals surface area contributed by atoms with Gasteiger partial charge in [-0.25, -0.2) is 4.98 Å². The fourth-order valence-electron chi connectivity index (χ4n) is 3.96. The standard InChI is InChI=1S/C16H24N4OS.2ClH/c1-2-20-8-3-12-13(10-20)22-15(18-12)19-14(21)11-9-16(11)4-6-17-7-5-16;;/h11,17H,2-10H2,1H3,(H,18,19,21);2*1H. The van der Waals surface area contributed by atoms with Gasteiger partial charge in [0.25, 0.3) is 0 Å². The van der Waals surface area contributed by atoms with Gasteiger partial charge in [-0.05, 0) is 44.3 Å². The van der Waals surface area contributed by atoms with Gasteiger partial charge in [0.15, 0.2) is 5.13 Å². The van der Waals surface area contributed by atoms with Gasteiger partial charge in [0.1, 0.15) is 0 Å². The summed E-state index contributed by atoms with van der Waals surface area (Å²) < 4.78 is 0. The van der Waals surface area contributed by atoms with E-state index in [1.165, 1.54) is 10.6 Å². The number of piperidine rings is 1. The summed E-state index contributed by atoms with van der Waals surface area (Å²) in [4.78, 5) is 20.9. The van der Waals surface area contributed by atoms with Crippen LogP contribution in [0.25, 0.3) is 0 Å². The van der Waals surface area contributed by atoms with Crippen molar-refractivity contribution in [3.05, 3.63) is 10.6 Å². The smallest absolute Gasteiger partial charge is 0.229 e. The zero-order valence-corrected chi connectivity index (χ0v) is 16.4. The monoisotopic (exact) mass is 392 g/mol. The van der Waals surface area contributed by atoms with Crippen LogP contribution in [0.2, 0.25) is 0 Å². The van der Waals surface area contributed by atoms with Crippen LogP contribution >= 0.6 is 36.2 Å². The van der Waals surface area contributed by atoms with Gasteiger partial charge in [-0.3, -0.25) is 9.69 Å². The van der Waals surface area contributed by atoms with E-state index in [1.807, 2.05) is 0 Å². The summed E-state index contributed by atoms with van der Waals surface area (Å²) in [5, 5.41) is 7.29. The summed E-state index contributed by atoms with van der Waals surface area (Å²) in [5.74, 6) is 0.406. The van der Waals surface area contributed by atoms with Crippen LogP contribution in [0.1, 0.15) is 36.8 Å². The van der Waals surface area contributed by atoms with Crippen LogP contribution in [0.3, 0.4) is 0 Å². The van der Waals surface area contributed by atoms with Crippen LogP contribution in [0.15, 0.2) is 0 Å². The zero-order chi connectivity index (χ0) is 15.2. The molecule has 1 saturated heterocycles. The Bertz CT molecular complexity index is 589. The molecule has 5 nitrogen and oxygen atoms in total. The number of fused-ring (bicyclic) bond motifs is 1. The minimum absolute atomic E-state index is 0. The summed E-state index contributed by atoms with van der Waals surface area (Å²) >= 11 is 1.67. The Labute approximate surface area is 159 Å². The minimum Gasteiger partial charge on any atom is -0.317 e. The topological polar surface area (TPSA) is 57.3 Å². The Morgan fingerprint density at radius 1 is 1.42 bits per heavy atom. The quantitative estimate of drug-likeness (QED) is 0.829. The summed E-state index contributed by atoms with van der Waals surface area (Å²) in [6.45, 7) is 7.46. The molecule has 136 valence electrons. The maximum absolute atomic E-state index is 12.5. The first-order valence-corrected chi connectivity index (χ1v) is 9.24. The first-order valence-electron chi connectivity index (χ1n) is 8.43. The van der Waals surface area contributed by atoms with E-state index in [-0.39, 0.29) is 36.6 Å². The Hall–Kier alpha value is -0.400. The highest BCUT2D eigenvalue weighted by molar-refractivity contribution is 7.15. The third-order valence-corrected chi connectivity index (χ3v) is 6.59. The number of amides is 1. The zero-order valence-electron chi connectivity index (χ0n) is 14.0. The van der Waals surface area contributed by atoms with Gasteiger partial charge in [-0.2, -0.15) is 0 Å². The average molecular weight is 393 g/mol. The maximum Gasteiger partial charge on any atom is 0.229 e. The number of hydrogen-bond donors (Lipinski definition) is 2. The van der Waals surface area contributed by atoms with Crippen LogP contribution < -0.4 is 10.6 Å². The summed E-state index contributed by atoms with van der Waals surface area (Å²) in [6, 6.07) is 0. The molecule has 2 aliphatic heterocycles. The van der Waals surface area contributed by atoms with Crippen molar-refractivity contribution in [1.29, 1.82) is 0 Å². The molecule has 2 N–H and O–H groups in total. The van der Waals surface area contributed by atoms with Gasteiger partial charge in [-0.15, -0.1) is 36.2 Å². The molecule has 2 fully saturated rings. The molecule has 3 aliphatic rings. The lowest BCUT2D eigenvalue weighted by Gasteiger charge is -2.23. The fourth-order valence-corrected chi connectivity index (χ4v) is 5.01. The van der Waals surface area contributed by atoms with Crippen LogP contribution in [0.4, 0.5) is 5.13 Å². The molecular formula is C16H26Cl2N4OS. The summed E-state index contributed by atoms with van der Waals surface area (Å²) in [7, 11) is 0. The number of carbonyl (C=O) groups is 1. The van der Waals surface area contributed by atoms with Gasteiger partial charge in [0.05, 0.1) is 5.69 Å². The number of halogens is 2. The lowest BCUT2D eigenvalue weighted by atomic mass is 9.92. The Kier molecular flexibility index (Phi) is 6.53. The van der Waals surface area contributed by atoms with Crippen LogP contribution in [0.5, 0.6) is 0 Å². The molecule has 24 heavy (non-hydrogen) atoms. The Balaban J connectivity index is 0.00000104. The molecule has 8 heteroatoms. The first kappa shape index (κ1) is 19.9. The number of rotatable bonds is 3. The number of likely N-dealkylation sites (N-methyl/N-ethyl adjacent to an activating group) is 1. The molecule has 1 aromatic rings. The van der Waals surface area contributed by atoms with E-state index >= 15 is 0 Å². The van der Waals surface area contributed by atoms with E-state index in [4.69, 9.17) is 0 Å². The molecule has 1 amide bonds. The van der Waals surface area contributed by atoms with E-state index in [0.29, 0.717) is 5.41 Å². The van der Waals surface area contributed by atoms with Crippen molar-refractivity contribution in [3.63, 3.8) is 0 Å². The highest BCUT2D eigenvalue weighted by Crippen LogP contribution is 2.58. The largest absolute Gasteiger partial charge is 0.317 e. The van der Waals surface area contributed by atoms with E-state index in [2.05, 4.69) is 27.4 Å². The third-order valence-electron chi connectivity index (χ3n) is 5.59. The van der Waals surface area contributed by atoms with Crippen LogP contribution in [0, 0.1) is 11.3 Å². The predicted molar refractivity (Wildman–Crippen MR) is 103 cm³/mol. The Morgan fingerprint density at radius 2 is 2.17 bits per heavy atom. The number of nitrogens with zero attached hydrogens (tertiary/aromatic N) is 2. The second-order valence-corrected chi connectivity index (χ2v) is 7.95. The molecule has 3 heterocycles. The van der Waals surface area contributed by atoms with Gasteiger partial charge < -0.3 is 10.6 Å². The van der Waals surface area contributed by atoms with Crippen LogP contribution in [-0.2, 0) is 17.8 Å². The van der Waals surface area contributed by atoms with Crippen molar-refractivity contribution in [2.45, 2.75) is 39.2 Å². The first-order chi connectivity index (χ1) is 10.7. The van der Waals surface area contributed by atoms with Gasteiger partial charge >= 0.3 is 0 Å². The number of aromatic nitrogens is 1. The molecule has 0 aromatic carbocycles. The van der Waals surface area contributed by atoms with E-state index in [1.54, 1.807) is 11.3 Å². The van der Waals surface area contributed by atoms with Gasteiger partial charge in [0, 0.05) is 30.3 Å². The second kappa shape index (κ2) is 7.87. The molecule has 1 saturated carbocycles. The third kappa shape index (κ3) is 3.73. The number of nitrogens with one attached hydrogen (secondary N) is 2. The highest BCUT2D eigenvalue weighted by Gasteiger charge is 2.57. The van der Waals surface area contributed by atoms with Gasteiger partial charge in [0.2, 0.25) is 5.91 Å². The number of thiazole rings is 1. The molecule has 1 spiro atoms. The average Bonchev–Trinajstić information content (AvgIpc) is 3.07. The second-order valence-electron chi connectivity index (χ2n) is 6.87. The number of hydrogen-bond acceptors (Lipinski definition) is 5. The lowest BCUT2D eigenvalue weighted by Crippen LogP contribution is -2.31. The molecule has 1 aliphatic carbocycles. The van der Waals surface area contributed by atoms with Crippen molar-refractivity contribution in [3.8, 4) is 0 Å². The van der Waals surface area contributed by atoms with Crippen molar-refractivity contribution in [1.82, 2.24) is 15.2 Å². The van der Waals surface area contributed by atoms with E-state index < -0.39 is 0 Å². The lowest BCUT2D eigenvalue weighted by molar-refractivity contribution is -0.118. The van der Waals surface area contributed by atoms with Crippen molar-refractivity contribution in [2.24, 2.45) is 11.3 Å². The van der Waals surface area contributed by atoms with Crippen molar-refractivity contribution in [2.75, 3.05) is 31.5 Å². The molecule has 1 unspecified atom stereocenters. The molecule has 0 radical (unpaired) electrons. The molecular weight excluding hydrogens is 367 g/mol. The van der Waals surface area contributed by atoms with Gasteiger partial charge in [-0.1, -0.05) is 6.92 Å². The van der Waals surface area contributed by atoms with Crippen LogP contribution in [-0.4, -0.2) is 42.0 Å². The Morgan fingerprint density at radius 3 is 2.88 bits per heavy atom. The van der Waals surface area contributed by atoms with Crippen molar-refractivity contribution < 1.29 is 4.79 Å². The number of anilines is 1. The molecule has 1 atom stereocenters. The molecule has 1 aromatic heterocycles. The van der Waals surface area contributed by atoms with Crippen molar-refractivity contribution >= 4 is 47.2 Å². The normalized spacial score (nSPS) is 24.5. The molecule has 4 rings (SSSR count). The predicted octanol–water partition coefficient (Wildman–Crippen LogP) is 2.69. The molecule has 0 bridgehead atoms. The summed E-state index contributed by atoms with van der Waals surface area (Å²) in [6.07, 6.45) is 4.36. The minimum atomic E-state index is 0. The van der Waals surface area contributed by atoms with E-state index in [9.17, 15) is 4.79 Å². The maximum atomic E-state index is 12.5. The van der Waals surface area contributed by atoms with E-state index in [0.717, 1.165) is 63.5 Å². The highest BCUT2D eigenvalue weighted by atomic mass is 35.5. The SMILES string of the molecule is CCN1CCc2nc(NC(=O)C3CC34CCNCC4)sc2C1.Cl.Cl. The number of carbonyl (C=O) groups excluding carboxylic acids is 1. The fraction of sp³-hybridized carbons (Fsp3) is 0.750. The summed E-state index contributed by atoms with van der Waals surface area (Å²) in [5.41, 5.74) is 1.49.